The van der Waals surface area contributed by atoms with Crippen molar-refractivity contribution in [1.82, 2.24) is 15.6 Å². The minimum atomic E-state index is -1.56. The molecule has 1 aliphatic rings. The maximum Gasteiger partial charge on any atom is 0.240 e. The van der Waals surface area contributed by atoms with Crippen molar-refractivity contribution in [3.8, 4) is 10.4 Å². The van der Waals surface area contributed by atoms with Crippen LogP contribution in [0.3, 0.4) is 0 Å². The third-order valence-electron chi connectivity index (χ3n) is 3.94. The minimum Gasteiger partial charge on any atom is -0.389 e. The van der Waals surface area contributed by atoms with Crippen LogP contribution in [0.5, 0.6) is 0 Å². The van der Waals surface area contributed by atoms with Crippen LogP contribution in [0, 0.1) is 6.92 Å². The largest absolute Gasteiger partial charge is 0.389 e. The summed E-state index contributed by atoms with van der Waals surface area (Å²) in [6.45, 7) is 2.39. The minimum absolute atomic E-state index is 0. The molecular weight excluding hydrogens is 353 g/mol. The van der Waals surface area contributed by atoms with E-state index in [0.717, 1.165) is 21.7 Å². The summed E-state index contributed by atoms with van der Waals surface area (Å²) in [4.78, 5) is 17.3. The van der Waals surface area contributed by atoms with Crippen LogP contribution in [-0.2, 0) is 11.3 Å². The summed E-state index contributed by atoms with van der Waals surface area (Å²) >= 11 is 1.59. The molecule has 0 radical (unpaired) electrons. The molecule has 8 heteroatoms. The highest BCUT2D eigenvalue weighted by Gasteiger charge is 2.39. The average molecular weight is 372 g/mol. The molecule has 0 aliphatic carbocycles. The number of aliphatic hydroxyl groups is 1. The molecular formula is C16H19ClFN3O2S. The molecule has 2 aromatic rings. The molecule has 1 amide bonds. The molecule has 1 saturated heterocycles. The average Bonchev–Trinajstić information content (AvgIpc) is 3.12. The number of β-amino-alcohol motifs (C(OH)–C–C–N with tert-alkyl or cyclic N) is 1. The van der Waals surface area contributed by atoms with Gasteiger partial charge in [-0.05, 0) is 18.1 Å². The predicted molar refractivity (Wildman–Crippen MR) is 94.1 cm³/mol. The zero-order valence-electron chi connectivity index (χ0n) is 13.0. The van der Waals surface area contributed by atoms with Crippen molar-refractivity contribution in [3.63, 3.8) is 0 Å². The second-order valence-electron chi connectivity index (χ2n) is 5.58. The number of hydrogen-bond donors (Lipinski definition) is 3. The van der Waals surface area contributed by atoms with Gasteiger partial charge in [-0.2, -0.15) is 0 Å². The third-order valence-corrected chi connectivity index (χ3v) is 4.92. The molecule has 3 atom stereocenters. The summed E-state index contributed by atoms with van der Waals surface area (Å²) in [6.07, 6.45) is -2.68. The summed E-state index contributed by atoms with van der Waals surface area (Å²) in [5.41, 5.74) is 4.83. The van der Waals surface area contributed by atoms with Crippen LogP contribution >= 0.6 is 23.7 Å². The quantitative estimate of drug-likeness (QED) is 0.766. The Hall–Kier alpha value is -1.54. The number of nitrogens with one attached hydrogen (secondary N) is 2. The second-order valence-corrected chi connectivity index (χ2v) is 6.43. The first kappa shape index (κ1) is 18.8. The molecule has 1 aromatic heterocycles. The van der Waals surface area contributed by atoms with E-state index in [-0.39, 0.29) is 19.0 Å². The number of benzene rings is 1. The molecule has 0 spiro atoms. The number of halogens is 2. The zero-order chi connectivity index (χ0) is 16.4. The molecule has 0 saturated carbocycles. The SMILES string of the molecule is Cc1ncsc1-c1ccc(CNC(=O)C2NCC(O)C2F)cc1.Cl. The highest BCUT2D eigenvalue weighted by molar-refractivity contribution is 7.13. The summed E-state index contributed by atoms with van der Waals surface area (Å²) in [6, 6.07) is 6.84. The van der Waals surface area contributed by atoms with Gasteiger partial charge in [0.25, 0.3) is 0 Å². The van der Waals surface area contributed by atoms with E-state index in [4.69, 9.17) is 0 Å². The van der Waals surface area contributed by atoms with Crippen LogP contribution < -0.4 is 10.6 Å². The van der Waals surface area contributed by atoms with Crippen LogP contribution in [-0.4, -0.2) is 40.9 Å². The van der Waals surface area contributed by atoms with E-state index in [1.54, 1.807) is 11.3 Å². The number of alkyl halides is 1. The van der Waals surface area contributed by atoms with Crippen molar-refractivity contribution in [1.29, 1.82) is 0 Å². The summed E-state index contributed by atoms with van der Waals surface area (Å²) in [5, 5.41) is 14.7. The Morgan fingerprint density at radius 3 is 2.71 bits per heavy atom. The predicted octanol–water partition coefficient (Wildman–Crippen LogP) is 1.83. The normalized spacial score (nSPS) is 22.9. The first-order valence-electron chi connectivity index (χ1n) is 7.39. The van der Waals surface area contributed by atoms with Gasteiger partial charge in [-0.25, -0.2) is 9.37 Å². The van der Waals surface area contributed by atoms with Crippen molar-refractivity contribution in [2.75, 3.05) is 6.54 Å². The van der Waals surface area contributed by atoms with Gasteiger partial charge in [-0.3, -0.25) is 4.79 Å². The Kier molecular flexibility index (Phi) is 6.28. The molecule has 1 aliphatic heterocycles. The molecule has 24 heavy (non-hydrogen) atoms. The Bertz CT molecular complexity index is 695. The van der Waals surface area contributed by atoms with Crippen molar-refractivity contribution < 1.29 is 14.3 Å². The third kappa shape index (κ3) is 3.92. The number of hydrogen-bond acceptors (Lipinski definition) is 5. The van der Waals surface area contributed by atoms with Crippen molar-refractivity contribution in [2.45, 2.75) is 31.8 Å². The summed E-state index contributed by atoms with van der Waals surface area (Å²) < 4.78 is 13.6. The fourth-order valence-electron chi connectivity index (χ4n) is 2.58. The van der Waals surface area contributed by atoms with Crippen LogP contribution in [0.25, 0.3) is 10.4 Å². The first-order chi connectivity index (χ1) is 11.1. The first-order valence-corrected chi connectivity index (χ1v) is 8.27. The number of thiazole rings is 1. The standard InChI is InChI=1S/C16H18FN3O2S.ClH/c1-9-15(23-8-20-9)11-4-2-10(3-5-11)6-19-16(22)14-13(17)12(21)7-18-14;/h2-5,8,12-14,18,21H,6-7H2,1H3,(H,19,22);1H. The van der Waals surface area contributed by atoms with E-state index in [1.165, 1.54) is 0 Å². The van der Waals surface area contributed by atoms with Gasteiger partial charge in [-0.1, -0.05) is 24.3 Å². The monoisotopic (exact) mass is 371 g/mol. The number of carbonyl (C=O) groups is 1. The molecule has 3 N–H and O–H groups in total. The zero-order valence-corrected chi connectivity index (χ0v) is 14.7. The smallest absolute Gasteiger partial charge is 0.240 e. The number of aryl methyl sites for hydroxylation is 1. The lowest BCUT2D eigenvalue weighted by molar-refractivity contribution is -0.124. The number of carbonyl (C=O) groups excluding carboxylic acids is 1. The number of aromatic nitrogens is 1. The van der Waals surface area contributed by atoms with Crippen LogP contribution in [0.1, 0.15) is 11.3 Å². The Morgan fingerprint density at radius 2 is 2.17 bits per heavy atom. The van der Waals surface area contributed by atoms with Crippen LogP contribution in [0.2, 0.25) is 0 Å². The van der Waals surface area contributed by atoms with E-state index < -0.39 is 24.2 Å². The van der Waals surface area contributed by atoms with Crippen molar-refractivity contribution in [2.24, 2.45) is 0 Å². The molecule has 130 valence electrons. The fourth-order valence-corrected chi connectivity index (χ4v) is 3.40. The number of rotatable bonds is 4. The lowest BCUT2D eigenvalue weighted by atomic mass is 10.1. The topological polar surface area (TPSA) is 74.2 Å². The van der Waals surface area contributed by atoms with E-state index >= 15 is 0 Å². The van der Waals surface area contributed by atoms with Gasteiger partial charge >= 0.3 is 0 Å². The van der Waals surface area contributed by atoms with Gasteiger partial charge in [0.2, 0.25) is 5.91 Å². The highest BCUT2D eigenvalue weighted by Crippen LogP contribution is 2.27. The Balaban J connectivity index is 0.00000208. The molecule has 3 rings (SSSR count). The molecule has 2 heterocycles. The number of nitrogens with zero attached hydrogens (tertiary/aromatic N) is 1. The number of aliphatic hydroxyl groups excluding tert-OH is 1. The van der Waals surface area contributed by atoms with Gasteiger partial charge in [0.05, 0.1) is 22.2 Å². The molecule has 5 nitrogen and oxygen atoms in total. The number of amides is 1. The second kappa shape index (κ2) is 8.02. The lowest BCUT2D eigenvalue weighted by Gasteiger charge is -2.14. The van der Waals surface area contributed by atoms with Gasteiger partial charge in [0.1, 0.15) is 6.04 Å². The van der Waals surface area contributed by atoms with Gasteiger partial charge in [-0.15, -0.1) is 23.7 Å². The van der Waals surface area contributed by atoms with Crippen molar-refractivity contribution >= 4 is 29.7 Å². The highest BCUT2D eigenvalue weighted by atomic mass is 35.5. The van der Waals surface area contributed by atoms with E-state index in [0.29, 0.717) is 6.54 Å². The fraction of sp³-hybridized carbons (Fsp3) is 0.375. The molecule has 3 unspecified atom stereocenters. The maximum absolute atomic E-state index is 13.6. The van der Waals surface area contributed by atoms with E-state index in [1.807, 2.05) is 36.7 Å². The Morgan fingerprint density at radius 1 is 1.46 bits per heavy atom. The van der Waals surface area contributed by atoms with Gasteiger partial charge < -0.3 is 15.7 Å². The molecule has 1 aromatic carbocycles. The maximum atomic E-state index is 13.6. The van der Waals surface area contributed by atoms with Crippen LogP contribution in [0.15, 0.2) is 29.8 Å². The molecule has 0 bridgehead atoms. The van der Waals surface area contributed by atoms with Crippen molar-refractivity contribution in [3.05, 3.63) is 41.0 Å². The van der Waals surface area contributed by atoms with Gasteiger partial charge in [0, 0.05) is 13.1 Å². The van der Waals surface area contributed by atoms with E-state index in [9.17, 15) is 14.3 Å². The summed E-state index contributed by atoms with van der Waals surface area (Å²) in [7, 11) is 0. The van der Waals surface area contributed by atoms with Gasteiger partial charge in [0.15, 0.2) is 6.17 Å². The van der Waals surface area contributed by atoms with Crippen LogP contribution in [0.4, 0.5) is 4.39 Å². The lowest BCUT2D eigenvalue weighted by Crippen LogP contribution is -2.45. The van der Waals surface area contributed by atoms with E-state index in [2.05, 4.69) is 15.6 Å². The molecule has 1 fully saturated rings. The Labute approximate surface area is 149 Å². The summed E-state index contributed by atoms with van der Waals surface area (Å²) in [5.74, 6) is -0.434.